The van der Waals surface area contributed by atoms with Gasteiger partial charge >= 0.3 is 0 Å². The maximum Gasteiger partial charge on any atom is 0.229 e. The molecule has 1 aliphatic rings. The second-order valence-electron chi connectivity index (χ2n) is 6.71. The Hall–Kier alpha value is -3.35. The summed E-state index contributed by atoms with van der Waals surface area (Å²) in [6.45, 7) is 4.97. The zero-order valence-electron chi connectivity index (χ0n) is 15.9. The number of aromatic nitrogens is 3. The number of nitrogens with one attached hydrogen (secondary N) is 1. The minimum absolute atomic E-state index is 0.0803. The summed E-state index contributed by atoms with van der Waals surface area (Å²) in [4.78, 5) is 16.1. The molecule has 0 aliphatic carbocycles. The third-order valence-electron chi connectivity index (χ3n) is 4.63. The molecule has 0 saturated heterocycles. The van der Waals surface area contributed by atoms with Crippen molar-refractivity contribution in [3.8, 4) is 11.5 Å². The van der Waals surface area contributed by atoms with Crippen LogP contribution in [0.25, 0.3) is 0 Å². The Morgan fingerprint density at radius 1 is 1.18 bits per heavy atom. The molecule has 7 heteroatoms. The van der Waals surface area contributed by atoms with Crippen molar-refractivity contribution in [3.05, 3.63) is 65.5 Å². The number of rotatable bonds is 6. The zero-order valence-corrected chi connectivity index (χ0v) is 15.9. The van der Waals surface area contributed by atoms with Crippen molar-refractivity contribution in [2.75, 3.05) is 11.9 Å². The molecule has 1 N–H and O–H groups in total. The molecular weight excluding hydrogens is 356 g/mol. The fourth-order valence-corrected chi connectivity index (χ4v) is 3.35. The number of benzene rings is 2. The van der Waals surface area contributed by atoms with Crippen LogP contribution in [-0.4, -0.2) is 27.3 Å². The van der Waals surface area contributed by atoms with E-state index in [1.54, 1.807) is 4.68 Å². The van der Waals surface area contributed by atoms with Gasteiger partial charge in [0.05, 0.1) is 19.1 Å². The van der Waals surface area contributed by atoms with Crippen molar-refractivity contribution in [2.45, 2.75) is 32.9 Å². The molecule has 0 fully saturated rings. The predicted octanol–water partition coefficient (Wildman–Crippen LogP) is 3.50. The van der Waals surface area contributed by atoms with Crippen LogP contribution in [0.15, 0.2) is 48.8 Å². The summed E-state index contributed by atoms with van der Waals surface area (Å²) in [5.74, 6) is 1.70. The first-order chi connectivity index (χ1) is 13.6. The van der Waals surface area contributed by atoms with Crippen LogP contribution in [0.3, 0.4) is 0 Å². The molecule has 0 spiro atoms. The van der Waals surface area contributed by atoms with Crippen LogP contribution >= 0.6 is 0 Å². The number of hydrogen-bond donors (Lipinski definition) is 1. The summed E-state index contributed by atoms with van der Waals surface area (Å²) in [6, 6.07) is 13.7. The van der Waals surface area contributed by atoms with Crippen molar-refractivity contribution in [3.63, 3.8) is 0 Å². The van der Waals surface area contributed by atoms with E-state index in [1.807, 2.05) is 37.3 Å². The van der Waals surface area contributed by atoms with Gasteiger partial charge in [0.1, 0.15) is 12.9 Å². The first-order valence-corrected chi connectivity index (χ1v) is 9.28. The Bertz CT molecular complexity index is 999. The number of hydrogen-bond acceptors (Lipinski definition) is 5. The third kappa shape index (κ3) is 3.69. The zero-order chi connectivity index (χ0) is 19.5. The highest BCUT2D eigenvalue weighted by Gasteiger charge is 2.28. The van der Waals surface area contributed by atoms with Gasteiger partial charge in [-0.1, -0.05) is 35.9 Å². The van der Waals surface area contributed by atoms with Crippen LogP contribution in [0.2, 0.25) is 0 Å². The number of ether oxygens (including phenoxy) is 2. The van der Waals surface area contributed by atoms with E-state index >= 15 is 0 Å². The summed E-state index contributed by atoms with van der Waals surface area (Å²) in [5.41, 5.74) is 3.22. The van der Waals surface area contributed by atoms with E-state index in [4.69, 9.17) is 9.47 Å². The van der Waals surface area contributed by atoms with E-state index in [-0.39, 0.29) is 11.9 Å². The van der Waals surface area contributed by atoms with Crippen molar-refractivity contribution in [1.29, 1.82) is 0 Å². The first-order valence-electron chi connectivity index (χ1n) is 9.28. The van der Waals surface area contributed by atoms with Gasteiger partial charge in [-0.2, -0.15) is 10.1 Å². The number of amides is 1. The van der Waals surface area contributed by atoms with E-state index < -0.39 is 0 Å². The Kier molecular flexibility index (Phi) is 4.97. The summed E-state index contributed by atoms with van der Waals surface area (Å²) >= 11 is 0. The van der Waals surface area contributed by atoms with E-state index in [1.165, 1.54) is 11.9 Å². The van der Waals surface area contributed by atoms with Crippen molar-refractivity contribution in [1.82, 2.24) is 14.8 Å². The SMILES string of the molecule is CCOc1cc([C@@H]2CC(=O)Nc3ncnn32)ccc1OCc1cccc(C)c1. The largest absolute Gasteiger partial charge is 0.490 e. The summed E-state index contributed by atoms with van der Waals surface area (Å²) in [7, 11) is 0. The van der Waals surface area contributed by atoms with Crippen molar-refractivity contribution < 1.29 is 14.3 Å². The molecule has 4 rings (SSSR count). The van der Waals surface area contributed by atoms with Gasteiger partial charge in [-0.05, 0) is 37.1 Å². The average molecular weight is 378 g/mol. The molecule has 7 nitrogen and oxygen atoms in total. The molecule has 2 heterocycles. The number of anilines is 1. The number of carbonyl (C=O) groups excluding carboxylic acids is 1. The molecule has 2 aromatic carbocycles. The van der Waals surface area contributed by atoms with Crippen molar-refractivity contribution >= 4 is 11.9 Å². The highest BCUT2D eigenvalue weighted by Crippen LogP contribution is 2.35. The quantitative estimate of drug-likeness (QED) is 0.710. The van der Waals surface area contributed by atoms with Crippen LogP contribution in [0.1, 0.15) is 36.1 Å². The average Bonchev–Trinajstić information content (AvgIpc) is 3.15. The Morgan fingerprint density at radius 3 is 2.89 bits per heavy atom. The number of carbonyl (C=O) groups is 1. The fraction of sp³-hybridized carbons (Fsp3) is 0.286. The van der Waals surface area contributed by atoms with E-state index in [0.717, 1.165) is 11.1 Å². The smallest absolute Gasteiger partial charge is 0.229 e. The molecule has 1 amide bonds. The molecular formula is C21H22N4O3. The summed E-state index contributed by atoms with van der Waals surface area (Å²) < 4.78 is 13.5. The fourth-order valence-electron chi connectivity index (χ4n) is 3.35. The van der Waals surface area contributed by atoms with E-state index in [0.29, 0.717) is 37.1 Å². The topological polar surface area (TPSA) is 78.3 Å². The Labute approximate surface area is 163 Å². The lowest BCUT2D eigenvalue weighted by molar-refractivity contribution is -0.117. The lowest BCUT2D eigenvalue weighted by atomic mass is 10.0. The molecule has 1 aliphatic heterocycles. The maximum atomic E-state index is 12.0. The lowest BCUT2D eigenvalue weighted by Crippen LogP contribution is -2.29. The minimum atomic E-state index is -0.226. The minimum Gasteiger partial charge on any atom is -0.490 e. The second-order valence-corrected chi connectivity index (χ2v) is 6.71. The van der Waals surface area contributed by atoms with Gasteiger partial charge in [0.2, 0.25) is 11.9 Å². The molecule has 28 heavy (non-hydrogen) atoms. The van der Waals surface area contributed by atoms with Gasteiger partial charge < -0.3 is 9.47 Å². The highest BCUT2D eigenvalue weighted by atomic mass is 16.5. The lowest BCUT2D eigenvalue weighted by Gasteiger charge is -2.24. The molecule has 0 saturated carbocycles. The number of aryl methyl sites for hydroxylation is 1. The molecule has 0 bridgehead atoms. The van der Waals surface area contributed by atoms with Crippen LogP contribution in [-0.2, 0) is 11.4 Å². The third-order valence-corrected chi connectivity index (χ3v) is 4.63. The molecule has 3 aromatic rings. The Morgan fingerprint density at radius 2 is 2.07 bits per heavy atom. The number of nitrogens with zero attached hydrogens (tertiary/aromatic N) is 3. The van der Waals surface area contributed by atoms with Gasteiger partial charge in [-0.3, -0.25) is 10.1 Å². The van der Waals surface area contributed by atoms with E-state index in [9.17, 15) is 4.79 Å². The highest BCUT2D eigenvalue weighted by molar-refractivity contribution is 5.91. The molecule has 0 radical (unpaired) electrons. The van der Waals surface area contributed by atoms with Crippen LogP contribution in [0.4, 0.5) is 5.95 Å². The van der Waals surface area contributed by atoms with Gasteiger partial charge in [0.25, 0.3) is 0 Å². The maximum absolute atomic E-state index is 12.0. The van der Waals surface area contributed by atoms with Gasteiger partial charge in [-0.25, -0.2) is 4.68 Å². The predicted molar refractivity (Wildman–Crippen MR) is 105 cm³/mol. The van der Waals surface area contributed by atoms with Crippen LogP contribution in [0, 0.1) is 6.92 Å². The van der Waals surface area contributed by atoms with Crippen LogP contribution < -0.4 is 14.8 Å². The van der Waals surface area contributed by atoms with Crippen LogP contribution in [0.5, 0.6) is 11.5 Å². The molecule has 0 unspecified atom stereocenters. The molecule has 144 valence electrons. The first kappa shape index (κ1) is 18.0. The molecule has 1 atom stereocenters. The van der Waals surface area contributed by atoms with E-state index in [2.05, 4.69) is 34.5 Å². The summed E-state index contributed by atoms with van der Waals surface area (Å²) in [5, 5.41) is 6.98. The van der Waals surface area contributed by atoms with Gasteiger partial charge in [0.15, 0.2) is 11.5 Å². The van der Waals surface area contributed by atoms with Crippen molar-refractivity contribution in [2.24, 2.45) is 0 Å². The molecule has 1 aromatic heterocycles. The summed E-state index contributed by atoms with van der Waals surface area (Å²) in [6.07, 6.45) is 1.74. The number of fused-ring (bicyclic) bond motifs is 1. The normalized spacial score (nSPS) is 15.6. The second kappa shape index (κ2) is 7.72. The standard InChI is InChI=1S/C21H22N4O3/c1-3-27-19-10-16(17-11-20(26)24-21-22-13-23-25(17)21)7-8-18(19)28-12-15-6-4-5-14(2)9-15/h4-10,13,17H,3,11-12H2,1-2H3,(H,22,23,24,26)/t17-/m0/s1. The van der Waals surface area contributed by atoms with Gasteiger partial charge in [-0.15, -0.1) is 0 Å². The monoisotopic (exact) mass is 378 g/mol. The Balaban J connectivity index is 1.60. The van der Waals surface area contributed by atoms with Gasteiger partial charge in [0, 0.05) is 0 Å².